The van der Waals surface area contributed by atoms with Gasteiger partial charge in [0, 0.05) is 4.90 Å². The van der Waals surface area contributed by atoms with Crippen molar-refractivity contribution in [2.24, 2.45) is 0 Å². The Morgan fingerprint density at radius 3 is 2.80 bits per heavy atom. The Kier molecular flexibility index (Phi) is 4.67. The monoisotopic (exact) mass is 221 g/mol. The smallest absolute Gasteiger partial charge is 0.0992 e. The first kappa shape index (κ1) is 12.1. The third-order valence-electron chi connectivity index (χ3n) is 2.05. The number of nitriles is 1. The van der Waals surface area contributed by atoms with Gasteiger partial charge in [-0.2, -0.15) is 5.26 Å². The van der Waals surface area contributed by atoms with Gasteiger partial charge in [0.15, 0.2) is 0 Å². The molecular formula is C12H15NOS. The van der Waals surface area contributed by atoms with E-state index >= 15 is 0 Å². The summed E-state index contributed by atoms with van der Waals surface area (Å²) in [4.78, 5) is 1.02. The molecule has 15 heavy (non-hydrogen) atoms. The molecule has 0 radical (unpaired) electrons. The average Bonchev–Trinajstić information content (AvgIpc) is 2.25. The van der Waals surface area contributed by atoms with E-state index in [1.54, 1.807) is 24.8 Å². The molecule has 1 rings (SSSR count). The first-order chi connectivity index (χ1) is 7.19. The predicted octanol–water partition coefficient (Wildman–Crippen LogP) is 3.11. The Balaban J connectivity index is 3.01. The fraction of sp³-hybridized carbons (Fsp3) is 0.417. The van der Waals surface area contributed by atoms with Gasteiger partial charge in [0.05, 0.1) is 17.7 Å². The van der Waals surface area contributed by atoms with Crippen LogP contribution in [0.2, 0.25) is 0 Å². The molecule has 1 aromatic carbocycles. The van der Waals surface area contributed by atoms with Gasteiger partial charge in [-0.15, -0.1) is 11.8 Å². The highest BCUT2D eigenvalue weighted by atomic mass is 32.2. The Morgan fingerprint density at radius 2 is 2.27 bits per heavy atom. The summed E-state index contributed by atoms with van der Waals surface area (Å²) in [5, 5.41) is 18.4. The van der Waals surface area contributed by atoms with E-state index in [-0.39, 0.29) is 0 Å². The summed E-state index contributed by atoms with van der Waals surface area (Å²) in [5.74, 6) is 1.01. The summed E-state index contributed by atoms with van der Waals surface area (Å²) >= 11 is 1.69. The van der Waals surface area contributed by atoms with Crippen molar-refractivity contribution in [1.29, 1.82) is 5.26 Å². The summed E-state index contributed by atoms with van der Waals surface area (Å²) in [6, 6.07) is 7.55. The van der Waals surface area contributed by atoms with Crippen molar-refractivity contribution in [3.05, 3.63) is 29.3 Å². The van der Waals surface area contributed by atoms with Crippen LogP contribution >= 0.6 is 11.8 Å². The maximum atomic E-state index is 9.57. The lowest BCUT2D eigenvalue weighted by Gasteiger charge is -2.11. The summed E-state index contributed by atoms with van der Waals surface area (Å²) in [5.41, 5.74) is 1.56. The molecule has 0 heterocycles. The number of thioether (sulfide) groups is 1. The second-order valence-electron chi connectivity index (χ2n) is 3.39. The van der Waals surface area contributed by atoms with Gasteiger partial charge in [-0.25, -0.2) is 0 Å². The van der Waals surface area contributed by atoms with Crippen LogP contribution in [0, 0.1) is 11.3 Å². The predicted molar refractivity (Wildman–Crippen MR) is 62.8 cm³/mol. The SMILES string of the molecule is CCCSc1cc(C#N)ccc1C(C)O. The maximum absolute atomic E-state index is 9.57. The minimum absolute atomic E-state index is 0.475. The largest absolute Gasteiger partial charge is 0.389 e. The van der Waals surface area contributed by atoms with Crippen LogP contribution in [0.1, 0.15) is 37.5 Å². The van der Waals surface area contributed by atoms with Crippen LogP contribution in [0.4, 0.5) is 0 Å². The number of benzene rings is 1. The first-order valence-electron chi connectivity index (χ1n) is 5.04. The van der Waals surface area contributed by atoms with Gasteiger partial charge < -0.3 is 5.11 Å². The Labute approximate surface area is 94.9 Å². The van der Waals surface area contributed by atoms with Crippen LogP contribution < -0.4 is 0 Å². The third-order valence-corrected chi connectivity index (χ3v) is 3.33. The van der Waals surface area contributed by atoms with E-state index in [1.165, 1.54) is 0 Å². The first-order valence-corrected chi connectivity index (χ1v) is 6.02. The second-order valence-corrected chi connectivity index (χ2v) is 4.53. The van der Waals surface area contributed by atoms with Gasteiger partial charge in [0.1, 0.15) is 0 Å². The fourth-order valence-electron chi connectivity index (χ4n) is 1.29. The Hall–Kier alpha value is -0.980. The lowest BCUT2D eigenvalue weighted by Crippen LogP contribution is -1.95. The molecule has 1 unspecified atom stereocenters. The summed E-state index contributed by atoms with van der Waals surface area (Å²) in [6.45, 7) is 3.86. The van der Waals surface area contributed by atoms with Crippen LogP contribution in [-0.2, 0) is 0 Å². The highest BCUT2D eigenvalue weighted by molar-refractivity contribution is 7.99. The van der Waals surface area contributed by atoms with Gasteiger partial charge in [0.2, 0.25) is 0 Å². The van der Waals surface area contributed by atoms with Crippen molar-refractivity contribution in [3.8, 4) is 6.07 Å². The average molecular weight is 221 g/mol. The Morgan fingerprint density at radius 1 is 1.53 bits per heavy atom. The number of aliphatic hydroxyl groups excluding tert-OH is 1. The molecule has 1 N–H and O–H groups in total. The van der Waals surface area contributed by atoms with Crippen molar-refractivity contribution in [3.63, 3.8) is 0 Å². The molecule has 3 heteroatoms. The molecule has 0 aliphatic heterocycles. The highest BCUT2D eigenvalue weighted by Crippen LogP contribution is 2.28. The van der Waals surface area contributed by atoms with Gasteiger partial charge >= 0.3 is 0 Å². The molecular weight excluding hydrogens is 206 g/mol. The van der Waals surface area contributed by atoms with E-state index in [0.29, 0.717) is 5.56 Å². The van der Waals surface area contributed by atoms with E-state index in [2.05, 4.69) is 13.0 Å². The second kappa shape index (κ2) is 5.79. The van der Waals surface area contributed by atoms with Gasteiger partial charge in [-0.3, -0.25) is 0 Å². The van der Waals surface area contributed by atoms with Crippen molar-refractivity contribution < 1.29 is 5.11 Å². The molecule has 0 saturated carbocycles. The molecule has 0 bridgehead atoms. The molecule has 1 aromatic rings. The fourth-order valence-corrected chi connectivity index (χ4v) is 2.33. The van der Waals surface area contributed by atoms with Crippen LogP contribution in [0.5, 0.6) is 0 Å². The van der Waals surface area contributed by atoms with E-state index in [4.69, 9.17) is 5.26 Å². The number of hydrogen-bond donors (Lipinski definition) is 1. The molecule has 0 aromatic heterocycles. The third kappa shape index (κ3) is 3.26. The zero-order chi connectivity index (χ0) is 11.3. The molecule has 0 saturated heterocycles. The van der Waals surface area contributed by atoms with Gasteiger partial charge in [-0.05, 0) is 36.8 Å². The number of hydrogen-bond acceptors (Lipinski definition) is 3. The van der Waals surface area contributed by atoms with E-state index in [9.17, 15) is 5.11 Å². The maximum Gasteiger partial charge on any atom is 0.0992 e. The van der Waals surface area contributed by atoms with Gasteiger partial charge in [0.25, 0.3) is 0 Å². The molecule has 0 amide bonds. The van der Waals surface area contributed by atoms with E-state index in [1.807, 2.05) is 12.1 Å². The molecule has 80 valence electrons. The van der Waals surface area contributed by atoms with Crippen LogP contribution in [-0.4, -0.2) is 10.9 Å². The molecule has 0 spiro atoms. The van der Waals surface area contributed by atoms with Crippen molar-refractivity contribution in [2.75, 3.05) is 5.75 Å². The number of rotatable bonds is 4. The normalized spacial score (nSPS) is 12.1. The zero-order valence-corrected chi connectivity index (χ0v) is 9.84. The van der Waals surface area contributed by atoms with Crippen molar-refractivity contribution >= 4 is 11.8 Å². The molecule has 0 fully saturated rings. The summed E-state index contributed by atoms with van der Waals surface area (Å²) < 4.78 is 0. The molecule has 1 atom stereocenters. The topological polar surface area (TPSA) is 44.0 Å². The zero-order valence-electron chi connectivity index (χ0n) is 9.03. The summed E-state index contributed by atoms with van der Waals surface area (Å²) in [7, 11) is 0. The van der Waals surface area contributed by atoms with Crippen LogP contribution in [0.3, 0.4) is 0 Å². The quantitative estimate of drug-likeness (QED) is 0.794. The number of nitrogens with zero attached hydrogens (tertiary/aromatic N) is 1. The minimum atomic E-state index is -0.475. The van der Waals surface area contributed by atoms with E-state index in [0.717, 1.165) is 22.6 Å². The molecule has 0 aliphatic rings. The van der Waals surface area contributed by atoms with Crippen LogP contribution in [0.15, 0.2) is 23.1 Å². The van der Waals surface area contributed by atoms with Crippen LogP contribution in [0.25, 0.3) is 0 Å². The number of aliphatic hydroxyl groups is 1. The molecule has 2 nitrogen and oxygen atoms in total. The lowest BCUT2D eigenvalue weighted by atomic mass is 10.1. The standard InChI is InChI=1S/C12H15NOS/c1-3-6-15-12-7-10(8-13)4-5-11(12)9(2)14/h4-5,7,9,14H,3,6H2,1-2H3. The summed E-state index contributed by atoms with van der Waals surface area (Å²) in [6.07, 6.45) is 0.609. The lowest BCUT2D eigenvalue weighted by molar-refractivity contribution is 0.196. The van der Waals surface area contributed by atoms with Crippen molar-refractivity contribution in [2.45, 2.75) is 31.3 Å². The molecule has 0 aliphatic carbocycles. The Bertz CT molecular complexity index is 368. The van der Waals surface area contributed by atoms with Crippen molar-refractivity contribution in [1.82, 2.24) is 0 Å². The van der Waals surface area contributed by atoms with E-state index < -0.39 is 6.10 Å². The highest BCUT2D eigenvalue weighted by Gasteiger charge is 2.08. The van der Waals surface area contributed by atoms with Gasteiger partial charge in [-0.1, -0.05) is 13.0 Å². The minimum Gasteiger partial charge on any atom is -0.389 e.